The number of esters is 1. The number of hydrogen-bond acceptors (Lipinski definition) is 6. The highest BCUT2D eigenvalue weighted by molar-refractivity contribution is 6.10. The molecular weight excluding hydrogens is 422 g/mol. The molecular formula is C25H23N3O5. The van der Waals surface area contributed by atoms with Crippen molar-refractivity contribution in [3.05, 3.63) is 76.2 Å². The van der Waals surface area contributed by atoms with Crippen LogP contribution in [0.15, 0.2) is 59.4 Å². The number of rotatable bonds is 6. The maximum Gasteiger partial charge on any atom is 0.354 e. The van der Waals surface area contributed by atoms with Crippen LogP contribution in [-0.4, -0.2) is 35.6 Å². The Morgan fingerprint density at radius 2 is 1.79 bits per heavy atom. The maximum atomic E-state index is 13.0. The molecule has 8 heteroatoms. The smallest absolute Gasteiger partial charge is 0.354 e. The van der Waals surface area contributed by atoms with Crippen LogP contribution in [0.1, 0.15) is 34.8 Å². The summed E-state index contributed by atoms with van der Waals surface area (Å²) in [4.78, 5) is 45.2. The molecule has 8 nitrogen and oxygen atoms in total. The summed E-state index contributed by atoms with van der Waals surface area (Å²) in [5.41, 5.74) is 1.03. The largest absolute Gasteiger partial charge is 0.493 e. The lowest BCUT2D eigenvalue weighted by Crippen LogP contribution is -2.15. The number of methoxy groups -OCH3 is 1. The first-order valence-corrected chi connectivity index (χ1v) is 10.5. The number of ether oxygens (including phenoxy) is 2. The van der Waals surface area contributed by atoms with E-state index in [0.29, 0.717) is 39.8 Å². The number of nitrogens with one attached hydrogen (secondary N) is 2. The van der Waals surface area contributed by atoms with Crippen LogP contribution in [-0.2, 0) is 4.74 Å². The third kappa shape index (κ3) is 4.55. The molecule has 4 rings (SSSR count). The molecule has 0 bridgehead atoms. The Kier molecular flexibility index (Phi) is 6.08. The van der Waals surface area contributed by atoms with Gasteiger partial charge >= 0.3 is 5.97 Å². The molecule has 0 spiro atoms. The number of fused-ring (bicyclic) bond motifs is 3. The summed E-state index contributed by atoms with van der Waals surface area (Å²) in [6, 6.07) is 15.1. The molecule has 0 aliphatic rings. The molecule has 4 aromatic rings. The third-order valence-electron chi connectivity index (χ3n) is 4.99. The molecule has 0 radical (unpaired) electrons. The van der Waals surface area contributed by atoms with Crippen molar-refractivity contribution < 1.29 is 19.1 Å². The first-order chi connectivity index (χ1) is 15.9. The lowest BCUT2D eigenvalue weighted by molar-refractivity contribution is 0.0594. The number of carbonyl (C=O) groups is 2. The molecule has 0 saturated carbocycles. The summed E-state index contributed by atoms with van der Waals surface area (Å²) in [5, 5.41) is 3.75. The standard InChI is InChI=1S/C25H23N3O5/c1-14(2)13-33-21-12-18(24(30)26-15-7-5-4-6-8-15)27-23-17(21)10-9-16-20(29)11-19(25(31)32-3)28-22(16)23/h4-12,14H,13H2,1-3H3,(H,26,30)(H,28,29). The van der Waals surface area contributed by atoms with E-state index in [1.165, 1.54) is 13.2 Å². The summed E-state index contributed by atoms with van der Waals surface area (Å²) in [7, 11) is 1.23. The number of aromatic amines is 1. The summed E-state index contributed by atoms with van der Waals surface area (Å²) in [6.07, 6.45) is 0. The van der Waals surface area contributed by atoms with Gasteiger partial charge in [-0.1, -0.05) is 32.0 Å². The SMILES string of the molecule is COC(=O)c1cc(=O)c2ccc3c(OCC(C)C)cc(C(=O)Nc4ccccc4)nc3c2[nH]1. The number of anilines is 1. The molecule has 2 aromatic heterocycles. The Hall–Kier alpha value is -4.20. The highest BCUT2D eigenvalue weighted by Crippen LogP contribution is 2.30. The average molecular weight is 445 g/mol. The number of aromatic nitrogens is 2. The van der Waals surface area contributed by atoms with Crippen molar-refractivity contribution >= 4 is 39.4 Å². The van der Waals surface area contributed by atoms with Gasteiger partial charge in [-0.3, -0.25) is 9.59 Å². The number of benzene rings is 2. The fourth-order valence-electron chi connectivity index (χ4n) is 3.40. The van der Waals surface area contributed by atoms with Crippen molar-refractivity contribution in [3.8, 4) is 5.75 Å². The summed E-state index contributed by atoms with van der Waals surface area (Å²) < 4.78 is 10.7. The first-order valence-electron chi connectivity index (χ1n) is 10.5. The molecule has 2 heterocycles. The zero-order chi connectivity index (χ0) is 23.5. The topological polar surface area (TPSA) is 110 Å². The van der Waals surface area contributed by atoms with Crippen LogP contribution in [0, 0.1) is 5.92 Å². The highest BCUT2D eigenvalue weighted by atomic mass is 16.5. The quantitative estimate of drug-likeness (QED) is 0.341. The predicted molar refractivity (Wildman–Crippen MR) is 126 cm³/mol. The van der Waals surface area contributed by atoms with Gasteiger partial charge in [0.25, 0.3) is 5.91 Å². The monoisotopic (exact) mass is 445 g/mol. The number of pyridine rings is 2. The molecule has 2 N–H and O–H groups in total. The predicted octanol–water partition coefficient (Wildman–Crippen LogP) is 4.15. The van der Waals surface area contributed by atoms with Crippen molar-refractivity contribution in [1.82, 2.24) is 9.97 Å². The van der Waals surface area contributed by atoms with E-state index in [4.69, 9.17) is 9.47 Å². The van der Waals surface area contributed by atoms with E-state index in [9.17, 15) is 14.4 Å². The van der Waals surface area contributed by atoms with Crippen molar-refractivity contribution in [3.63, 3.8) is 0 Å². The van der Waals surface area contributed by atoms with Gasteiger partial charge in [0, 0.05) is 28.6 Å². The summed E-state index contributed by atoms with van der Waals surface area (Å²) in [6.45, 7) is 4.46. The van der Waals surface area contributed by atoms with Gasteiger partial charge in [0.05, 0.1) is 24.8 Å². The fraction of sp³-hybridized carbons (Fsp3) is 0.200. The Bertz CT molecular complexity index is 1410. The average Bonchev–Trinajstić information content (AvgIpc) is 2.82. The van der Waals surface area contributed by atoms with Crippen LogP contribution in [0.4, 0.5) is 5.69 Å². The molecule has 0 fully saturated rings. The number of nitrogens with zero attached hydrogens (tertiary/aromatic N) is 1. The van der Waals surface area contributed by atoms with Crippen LogP contribution >= 0.6 is 0 Å². The van der Waals surface area contributed by atoms with E-state index in [-0.39, 0.29) is 22.7 Å². The first kappa shape index (κ1) is 22.0. The van der Waals surface area contributed by atoms with Gasteiger partial charge < -0.3 is 19.8 Å². The second kappa shape index (κ2) is 9.12. The minimum absolute atomic E-state index is 0.00640. The van der Waals surface area contributed by atoms with Gasteiger partial charge in [-0.15, -0.1) is 0 Å². The zero-order valence-corrected chi connectivity index (χ0v) is 18.5. The van der Waals surface area contributed by atoms with Gasteiger partial charge in [-0.2, -0.15) is 0 Å². The molecule has 2 aromatic carbocycles. The molecule has 0 unspecified atom stereocenters. The lowest BCUT2D eigenvalue weighted by atomic mass is 10.1. The Balaban J connectivity index is 1.93. The number of amides is 1. The van der Waals surface area contributed by atoms with Gasteiger partial charge in [0.1, 0.15) is 17.1 Å². The number of hydrogen-bond donors (Lipinski definition) is 2. The molecule has 0 saturated heterocycles. The molecule has 0 aliphatic heterocycles. The Morgan fingerprint density at radius 1 is 1.06 bits per heavy atom. The van der Waals surface area contributed by atoms with E-state index in [1.54, 1.807) is 30.3 Å². The van der Waals surface area contributed by atoms with E-state index in [0.717, 1.165) is 0 Å². The summed E-state index contributed by atoms with van der Waals surface area (Å²) in [5.74, 6) is -0.402. The van der Waals surface area contributed by atoms with Crippen LogP contribution in [0.25, 0.3) is 21.8 Å². The van der Waals surface area contributed by atoms with E-state index in [1.807, 2.05) is 32.0 Å². The second-order valence-electron chi connectivity index (χ2n) is 7.95. The van der Waals surface area contributed by atoms with Gasteiger partial charge in [0.2, 0.25) is 0 Å². The number of carbonyl (C=O) groups excluding carboxylic acids is 2. The van der Waals surface area contributed by atoms with Crippen molar-refractivity contribution in [2.75, 3.05) is 19.0 Å². The molecule has 0 aliphatic carbocycles. The Morgan fingerprint density at radius 3 is 2.48 bits per heavy atom. The Labute approximate surface area is 189 Å². The van der Waals surface area contributed by atoms with Crippen LogP contribution in [0.2, 0.25) is 0 Å². The minimum atomic E-state index is -0.680. The van der Waals surface area contributed by atoms with Gasteiger partial charge in [-0.25, -0.2) is 9.78 Å². The molecule has 33 heavy (non-hydrogen) atoms. The minimum Gasteiger partial charge on any atom is -0.493 e. The van der Waals surface area contributed by atoms with Crippen LogP contribution < -0.4 is 15.5 Å². The van der Waals surface area contributed by atoms with Crippen LogP contribution in [0.5, 0.6) is 5.75 Å². The summed E-state index contributed by atoms with van der Waals surface area (Å²) >= 11 is 0. The van der Waals surface area contributed by atoms with Crippen LogP contribution in [0.3, 0.4) is 0 Å². The third-order valence-corrected chi connectivity index (χ3v) is 4.99. The van der Waals surface area contributed by atoms with Crippen molar-refractivity contribution in [2.24, 2.45) is 5.92 Å². The van der Waals surface area contributed by atoms with E-state index >= 15 is 0 Å². The molecule has 0 atom stereocenters. The van der Waals surface area contributed by atoms with E-state index in [2.05, 4.69) is 15.3 Å². The fourth-order valence-corrected chi connectivity index (χ4v) is 3.40. The van der Waals surface area contributed by atoms with Crippen molar-refractivity contribution in [2.45, 2.75) is 13.8 Å². The number of H-pyrrole nitrogens is 1. The highest BCUT2D eigenvalue weighted by Gasteiger charge is 2.18. The maximum absolute atomic E-state index is 13.0. The number of para-hydroxylation sites is 1. The molecule has 1 amide bonds. The van der Waals surface area contributed by atoms with Crippen molar-refractivity contribution in [1.29, 1.82) is 0 Å². The van der Waals surface area contributed by atoms with E-state index < -0.39 is 11.9 Å². The van der Waals surface area contributed by atoms with Gasteiger partial charge in [0.15, 0.2) is 5.43 Å². The molecule has 168 valence electrons. The zero-order valence-electron chi connectivity index (χ0n) is 18.5. The van der Waals surface area contributed by atoms with Gasteiger partial charge in [-0.05, 0) is 30.2 Å². The lowest BCUT2D eigenvalue weighted by Gasteiger charge is -2.14. The second-order valence-corrected chi connectivity index (χ2v) is 7.95. The normalized spacial score (nSPS) is 11.0.